The maximum Gasteiger partial charge on any atom is 0.416 e. The van der Waals surface area contributed by atoms with E-state index in [9.17, 15) is 35.9 Å². The maximum absolute atomic E-state index is 13.0. The summed E-state index contributed by atoms with van der Waals surface area (Å²) >= 11 is 5.83. The van der Waals surface area contributed by atoms with Crippen LogP contribution in [0.3, 0.4) is 0 Å². The molecule has 66 heavy (non-hydrogen) atoms. The van der Waals surface area contributed by atoms with Gasteiger partial charge in [-0.25, -0.2) is 9.97 Å². The number of pyridine rings is 2. The monoisotopic (exact) mass is 934 g/mol. The molecule has 1 unspecified atom stereocenters. The molecule has 0 radical (unpaired) electrons. The lowest BCUT2D eigenvalue weighted by atomic mass is 10.0. The minimum Gasteiger partial charge on any atom is -0.365 e. The molecule has 0 bridgehead atoms. The predicted octanol–water partition coefficient (Wildman–Crippen LogP) is 9.63. The molecule has 1 atom stereocenters. The third-order valence-electron chi connectivity index (χ3n) is 10.2. The first-order valence-corrected chi connectivity index (χ1v) is 20.9. The second kappa shape index (κ2) is 20.1. The van der Waals surface area contributed by atoms with Gasteiger partial charge in [-0.1, -0.05) is 52.0 Å². The lowest BCUT2D eigenvalue weighted by molar-refractivity contribution is -0.138. The van der Waals surface area contributed by atoms with Crippen molar-refractivity contribution in [2.45, 2.75) is 70.8 Å². The molecule has 1 fully saturated rings. The maximum atomic E-state index is 13.0. The Morgan fingerprint density at radius 1 is 0.682 bits per heavy atom. The van der Waals surface area contributed by atoms with Gasteiger partial charge in [-0.05, 0) is 84.8 Å². The van der Waals surface area contributed by atoms with Gasteiger partial charge in [-0.15, -0.1) is 0 Å². The molecule has 7 rings (SSSR count). The van der Waals surface area contributed by atoms with Crippen molar-refractivity contribution in [1.29, 1.82) is 0 Å². The first kappa shape index (κ1) is 48.5. The highest BCUT2D eigenvalue weighted by Crippen LogP contribution is 2.35. The van der Waals surface area contributed by atoms with E-state index in [-0.39, 0.29) is 45.9 Å². The van der Waals surface area contributed by atoms with Crippen LogP contribution in [0.2, 0.25) is 5.28 Å². The number of halogens is 7. The van der Waals surface area contributed by atoms with Crippen LogP contribution in [0.1, 0.15) is 95.6 Å². The van der Waals surface area contributed by atoms with Crippen molar-refractivity contribution in [1.82, 2.24) is 29.9 Å². The van der Waals surface area contributed by atoms with E-state index >= 15 is 0 Å². The Balaban J connectivity index is 0.000000222. The Hall–Kier alpha value is -6.93. The van der Waals surface area contributed by atoms with E-state index in [2.05, 4.69) is 40.5 Å². The third kappa shape index (κ3) is 12.2. The predicted molar refractivity (Wildman–Crippen MR) is 240 cm³/mol. The summed E-state index contributed by atoms with van der Waals surface area (Å²) in [6.45, 7) is 9.12. The van der Waals surface area contributed by atoms with Gasteiger partial charge in [0.1, 0.15) is 22.8 Å². The Kier molecular flexibility index (Phi) is 14.8. The fourth-order valence-electron chi connectivity index (χ4n) is 6.70. The number of amides is 2. The van der Waals surface area contributed by atoms with E-state index in [4.69, 9.17) is 28.8 Å². The van der Waals surface area contributed by atoms with Crippen molar-refractivity contribution in [3.05, 3.63) is 124 Å². The van der Waals surface area contributed by atoms with Crippen LogP contribution >= 0.6 is 11.6 Å². The average molecular weight is 935 g/mol. The Labute approximate surface area is 380 Å². The summed E-state index contributed by atoms with van der Waals surface area (Å²) < 4.78 is 77.6. The molecule has 0 spiro atoms. The molecule has 14 nitrogen and oxygen atoms in total. The first-order chi connectivity index (χ1) is 31.0. The fourth-order valence-corrected chi connectivity index (χ4v) is 6.83. The molecule has 2 aromatic carbocycles. The van der Waals surface area contributed by atoms with Crippen molar-refractivity contribution in [3.8, 4) is 22.5 Å². The van der Waals surface area contributed by atoms with Gasteiger partial charge < -0.3 is 32.7 Å². The molecule has 1 aliphatic heterocycles. The summed E-state index contributed by atoms with van der Waals surface area (Å²) in [6, 6.07) is 16.4. The first-order valence-electron chi connectivity index (χ1n) is 20.5. The second-order valence-corrected chi connectivity index (χ2v) is 16.3. The zero-order chi connectivity index (χ0) is 48.1. The number of carbonyl (C=O) groups excluding carboxylic acids is 2. The van der Waals surface area contributed by atoms with Crippen LogP contribution in [0.4, 0.5) is 55.3 Å². The summed E-state index contributed by atoms with van der Waals surface area (Å²) in [5.74, 6) is -0.599. The molecule has 21 heteroatoms. The number of nitrogens with one attached hydrogen (secondary N) is 2. The molecule has 0 saturated carbocycles. The number of nitrogens with two attached hydrogens (primary N) is 3. The molecule has 8 N–H and O–H groups in total. The van der Waals surface area contributed by atoms with Gasteiger partial charge in [0, 0.05) is 65.4 Å². The van der Waals surface area contributed by atoms with Gasteiger partial charge in [0.25, 0.3) is 11.8 Å². The number of nitrogens with zero attached hydrogens (tertiary/aromatic N) is 7. The molecule has 6 aromatic rings. The highest BCUT2D eigenvalue weighted by atomic mass is 35.5. The quantitative estimate of drug-likeness (QED) is 0.0606. The van der Waals surface area contributed by atoms with Gasteiger partial charge >= 0.3 is 12.4 Å². The van der Waals surface area contributed by atoms with E-state index in [1.807, 2.05) is 38.7 Å². The number of hydrogen-bond acceptors (Lipinski definition) is 12. The van der Waals surface area contributed by atoms with E-state index in [1.165, 1.54) is 36.7 Å². The standard InChI is InChI=1S/C25H28F3N7O.C20H17ClF3N5O/c1-14(2)20-10-18(11-21(33-20)15-5-7-16(8-6-15)25(26,27)28)32-23-19(22(30)36)12-31-24(34-23)35-9-3-4-17(29)13-35;1-10(2)15-7-13(27-18-14(17(25)30)9-26-19(21)29-18)8-16(28-15)11-3-5-12(6-4-11)20(22,23)24/h5-8,10-12,14,17H,3-4,9,13,29H2,1-2H3,(H2,30,36)(H,31,32,33,34);3-10H,1-2H3,(H2,25,30)(H,26,27,28,29). The fraction of sp³-hybridized carbons (Fsp3) is 0.289. The molecule has 1 saturated heterocycles. The summed E-state index contributed by atoms with van der Waals surface area (Å²) in [4.78, 5) is 51.5. The minimum absolute atomic E-state index is 0.00895. The lowest BCUT2D eigenvalue weighted by Crippen LogP contribution is -2.43. The van der Waals surface area contributed by atoms with E-state index < -0.39 is 35.3 Å². The lowest BCUT2D eigenvalue weighted by Gasteiger charge is -2.31. The van der Waals surface area contributed by atoms with Gasteiger partial charge in [-0.3, -0.25) is 19.6 Å². The van der Waals surface area contributed by atoms with Crippen LogP contribution in [0.25, 0.3) is 22.5 Å². The number of piperidine rings is 1. The molecular weight excluding hydrogens is 890 g/mol. The number of alkyl halides is 6. The van der Waals surface area contributed by atoms with Crippen LogP contribution < -0.4 is 32.7 Å². The topological polar surface area (TPSA) is 217 Å². The SMILES string of the molecule is CC(C)c1cc(Nc2nc(Cl)ncc2C(N)=O)cc(-c2ccc(C(F)(F)F)cc2)n1.CC(C)c1cc(Nc2nc(N3CCCC(N)C3)ncc2C(N)=O)cc(-c2ccc(C(F)(F)F)cc2)n1. The summed E-state index contributed by atoms with van der Waals surface area (Å²) in [5, 5.41) is 6.06. The highest BCUT2D eigenvalue weighted by molar-refractivity contribution is 6.28. The number of primary amides is 2. The van der Waals surface area contributed by atoms with Crippen LogP contribution in [-0.4, -0.2) is 60.8 Å². The van der Waals surface area contributed by atoms with Gasteiger partial charge in [0.15, 0.2) is 0 Å². The molecule has 346 valence electrons. The van der Waals surface area contributed by atoms with Crippen molar-refractivity contribution in [3.63, 3.8) is 0 Å². The number of rotatable bonds is 11. The molecule has 2 amide bonds. The van der Waals surface area contributed by atoms with Crippen molar-refractivity contribution in [2.24, 2.45) is 17.2 Å². The van der Waals surface area contributed by atoms with Crippen molar-refractivity contribution < 1.29 is 35.9 Å². The molecular formula is C45H45ClF6N12O2. The van der Waals surface area contributed by atoms with Gasteiger partial charge in [-0.2, -0.15) is 36.3 Å². The van der Waals surface area contributed by atoms with E-state index in [0.29, 0.717) is 57.8 Å². The zero-order valence-electron chi connectivity index (χ0n) is 36.0. The van der Waals surface area contributed by atoms with Crippen LogP contribution in [-0.2, 0) is 12.4 Å². The van der Waals surface area contributed by atoms with Crippen molar-refractivity contribution in [2.75, 3.05) is 28.6 Å². The van der Waals surface area contributed by atoms with Crippen molar-refractivity contribution >= 4 is 52.4 Å². The largest absolute Gasteiger partial charge is 0.416 e. The molecule has 1 aliphatic rings. The van der Waals surface area contributed by atoms with E-state index in [0.717, 1.165) is 43.7 Å². The van der Waals surface area contributed by atoms with Crippen LogP contribution in [0.5, 0.6) is 0 Å². The summed E-state index contributed by atoms with van der Waals surface area (Å²) in [5.41, 5.74) is 20.1. The number of hydrogen-bond donors (Lipinski definition) is 5. The Bertz CT molecular complexity index is 2700. The van der Waals surface area contributed by atoms with E-state index in [1.54, 1.807) is 18.2 Å². The van der Waals surface area contributed by atoms with Gasteiger partial charge in [0.05, 0.1) is 22.5 Å². The Morgan fingerprint density at radius 2 is 1.12 bits per heavy atom. The number of anilines is 5. The number of carbonyl (C=O) groups is 2. The zero-order valence-corrected chi connectivity index (χ0v) is 36.7. The highest BCUT2D eigenvalue weighted by Gasteiger charge is 2.31. The third-order valence-corrected chi connectivity index (χ3v) is 10.4. The van der Waals surface area contributed by atoms with Crippen LogP contribution in [0, 0.1) is 0 Å². The average Bonchev–Trinajstić information content (AvgIpc) is 3.25. The molecule has 4 aromatic heterocycles. The number of aromatic nitrogens is 6. The smallest absolute Gasteiger partial charge is 0.365 e. The molecule has 0 aliphatic carbocycles. The summed E-state index contributed by atoms with van der Waals surface area (Å²) in [6.07, 6.45) is -4.43. The normalized spacial score (nSPS) is 14.2. The molecule has 5 heterocycles. The summed E-state index contributed by atoms with van der Waals surface area (Å²) in [7, 11) is 0. The Morgan fingerprint density at radius 3 is 1.53 bits per heavy atom. The number of benzene rings is 2. The van der Waals surface area contributed by atoms with Gasteiger partial charge in [0.2, 0.25) is 11.2 Å². The minimum atomic E-state index is -4.42. The van der Waals surface area contributed by atoms with Crippen LogP contribution in [0.15, 0.2) is 85.2 Å². The second-order valence-electron chi connectivity index (χ2n) is 16.0.